The molecule has 3 heterocycles. The number of ether oxygens (including phenoxy) is 1. The van der Waals surface area contributed by atoms with Crippen LogP contribution in [-0.4, -0.2) is 31.2 Å². The molecule has 26 heavy (non-hydrogen) atoms. The minimum atomic E-state index is -0.503. The standard InChI is InChI=1S/C18H20BrN3O3S/c1-3-25-12-7-9(19)6-11(15(12)23)16-20-17(24)14-10-4-5-22(2)8-13(10)26-18(14)21-16/h6-7,16,21,23H,3-5,8H2,1-2H3,(H,20,24)/p+1/t16-/m1/s1. The monoisotopic (exact) mass is 438 g/mol. The summed E-state index contributed by atoms with van der Waals surface area (Å²) in [5.41, 5.74) is 2.52. The van der Waals surface area contributed by atoms with Gasteiger partial charge in [0.25, 0.3) is 5.91 Å². The Bertz CT molecular complexity index is 883. The van der Waals surface area contributed by atoms with Gasteiger partial charge in [0, 0.05) is 16.5 Å². The van der Waals surface area contributed by atoms with E-state index in [9.17, 15) is 9.90 Å². The molecule has 0 radical (unpaired) electrons. The molecule has 0 aliphatic carbocycles. The number of anilines is 1. The van der Waals surface area contributed by atoms with Crippen LogP contribution in [0.15, 0.2) is 16.6 Å². The summed E-state index contributed by atoms with van der Waals surface area (Å²) in [6, 6.07) is 3.52. The van der Waals surface area contributed by atoms with E-state index < -0.39 is 6.17 Å². The molecule has 1 amide bonds. The van der Waals surface area contributed by atoms with Gasteiger partial charge >= 0.3 is 0 Å². The number of phenols is 1. The first kappa shape index (κ1) is 17.6. The number of amides is 1. The first-order valence-electron chi connectivity index (χ1n) is 8.66. The first-order chi connectivity index (χ1) is 12.5. The van der Waals surface area contributed by atoms with Gasteiger partial charge in [0.1, 0.15) is 17.7 Å². The molecular weight excluding hydrogens is 418 g/mol. The minimum Gasteiger partial charge on any atom is -0.504 e. The minimum absolute atomic E-state index is 0.0433. The Morgan fingerprint density at radius 1 is 1.42 bits per heavy atom. The smallest absolute Gasteiger partial charge is 0.256 e. The molecule has 6 nitrogen and oxygen atoms in total. The molecule has 2 aliphatic heterocycles. The van der Waals surface area contributed by atoms with Gasteiger partial charge in [0.05, 0.1) is 30.6 Å². The number of fused-ring (bicyclic) bond motifs is 3. The van der Waals surface area contributed by atoms with Crippen molar-refractivity contribution in [2.45, 2.75) is 26.1 Å². The number of rotatable bonds is 3. The largest absolute Gasteiger partial charge is 0.504 e. The van der Waals surface area contributed by atoms with Gasteiger partial charge in [-0.15, -0.1) is 11.3 Å². The highest BCUT2D eigenvalue weighted by Gasteiger charge is 2.35. The summed E-state index contributed by atoms with van der Waals surface area (Å²) in [6.07, 6.45) is 0.417. The van der Waals surface area contributed by atoms with Crippen LogP contribution in [0.1, 0.15) is 39.5 Å². The number of thiophene rings is 1. The Hall–Kier alpha value is -1.77. The molecule has 2 aromatic rings. The number of hydrogen-bond acceptors (Lipinski definition) is 5. The van der Waals surface area contributed by atoms with Gasteiger partial charge in [0.15, 0.2) is 11.5 Å². The van der Waals surface area contributed by atoms with Crippen LogP contribution in [-0.2, 0) is 13.0 Å². The molecule has 2 atom stereocenters. The summed E-state index contributed by atoms with van der Waals surface area (Å²) in [6.45, 7) is 4.30. The van der Waals surface area contributed by atoms with Gasteiger partial charge in [-0.2, -0.15) is 0 Å². The summed E-state index contributed by atoms with van der Waals surface area (Å²) in [4.78, 5) is 15.5. The number of carbonyl (C=O) groups excluding carboxylic acids is 1. The SMILES string of the molecule is CCOc1cc(Br)cc([C@@H]2NC(=O)c3c(sc4c3CC[NH+](C)C4)N2)c1O. The molecule has 0 saturated heterocycles. The van der Waals surface area contributed by atoms with Crippen LogP contribution in [0, 0.1) is 0 Å². The number of nitrogens with one attached hydrogen (secondary N) is 3. The van der Waals surface area contributed by atoms with Crippen molar-refractivity contribution in [1.82, 2.24) is 5.32 Å². The maximum absolute atomic E-state index is 12.8. The van der Waals surface area contributed by atoms with Crippen molar-refractivity contribution < 1.29 is 19.5 Å². The fourth-order valence-corrected chi connectivity index (χ4v) is 5.41. The molecule has 8 heteroatoms. The predicted molar refractivity (Wildman–Crippen MR) is 104 cm³/mol. The molecule has 1 aromatic carbocycles. The van der Waals surface area contributed by atoms with Crippen molar-refractivity contribution in [3.63, 3.8) is 0 Å². The van der Waals surface area contributed by atoms with Gasteiger partial charge in [-0.25, -0.2) is 0 Å². The fraction of sp³-hybridized carbons (Fsp3) is 0.389. The number of carbonyl (C=O) groups is 1. The molecule has 0 bridgehead atoms. The average Bonchev–Trinajstić information content (AvgIpc) is 2.95. The van der Waals surface area contributed by atoms with Crippen LogP contribution in [0.3, 0.4) is 0 Å². The zero-order valence-corrected chi connectivity index (χ0v) is 17.0. The number of aromatic hydroxyl groups is 1. The zero-order valence-electron chi connectivity index (χ0n) is 14.6. The predicted octanol–water partition coefficient (Wildman–Crippen LogP) is 2.04. The third-order valence-corrected chi connectivity index (χ3v) is 6.43. The van der Waals surface area contributed by atoms with E-state index in [4.69, 9.17) is 4.74 Å². The maximum atomic E-state index is 12.8. The van der Waals surface area contributed by atoms with E-state index in [-0.39, 0.29) is 11.7 Å². The molecule has 2 aliphatic rings. The molecule has 1 unspecified atom stereocenters. The summed E-state index contributed by atoms with van der Waals surface area (Å²) in [7, 11) is 2.17. The molecule has 4 N–H and O–H groups in total. The first-order valence-corrected chi connectivity index (χ1v) is 10.3. The van der Waals surface area contributed by atoms with E-state index in [1.54, 1.807) is 23.5 Å². The normalized spacial score (nSPS) is 21.4. The second kappa shape index (κ2) is 6.75. The van der Waals surface area contributed by atoms with Crippen molar-refractivity contribution in [3.8, 4) is 11.5 Å². The van der Waals surface area contributed by atoms with E-state index in [2.05, 4.69) is 33.6 Å². The summed E-state index contributed by atoms with van der Waals surface area (Å²) < 4.78 is 6.29. The lowest BCUT2D eigenvalue weighted by Gasteiger charge is -2.28. The summed E-state index contributed by atoms with van der Waals surface area (Å²) >= 11 is 5.10. The highest BCUT2D eigenvalue weighted by atomic mass is 79.9. The Kier molecular flexibility index (Phi) is 4.58. The molecule has 138 valence electrons. The van der Waals surface area contributed by atoms with E-state index in [0.29, 0.717) is 17.9 Å². The molecule has 4 rings (SSSR count). The third-order valence-electron chi connectivity index (χ3n) is 4.81. The fourth-order valence-electron chi connectivity index (χ4n) is 3.57. The van der Waals surface area contributed by atoms with Crippen LogP contribution in [0.25, 0.3) is 0 Å². The second-order valence-electron chi connectivity index (χ2n) is 6.67. The van der Waals surface area contributed by atoms with Crippen molar-refractivity contribution in [2.24, 2.45) is 0 Å². The molecule has 1 aromatic heterocycles. The van der Waals surface area contributed by atoms with Crippen molar-refractivity contribution in [2.75, 3.05) is 25.5 Å². The number of phenolic OH excluding ortho intramolecular Hbond substituents is 1. The molecule has 0 spiro atoms. The van der Waals surface area contributed by atoms with Crippen LogP contribution < -0.4 is 20.3 Å². The Morgan fingerprint density at radius 2 is 2.23 bits per heavy atom. The van der Waals surface area contributed by atoms with Gasteiger partial charge in [0.2, 0.25) is 0 Å². The second-order valence-corrected chi connectivity index (χ2v) is 8.69. The number of hydrogen-bond donors (Lipinski definition) is 4. The van der Waals surface area contributed by atoms with E-state index in [1.165, 1.54) is 15.3 Å². The van der Waals surface area contributed by atoms with E-state index in [0.717, 1.165) is 34.5 Å². The lowest BCUT2D eigenvalue weighted by Crippen LogP contribution is -3.08. The van der Waals surface area contributed by atoms with Crippen LogP contribution in [0.4, 0.5) is 5.00 Å². The lowest BCUT2D eigenvalue weighted by atomic mass is 10.0. The summed E-state index contributed by atoms with van der Waals surface area (Å²) in [5, 5.41) is 17.9. The van der Waals surface area contributed by atoms with Crippen LogP contribution >= 0.6 is 27.3 Å². The Labute approximate surface area is 164 Å². The number of quaternary nitrogens is 1. The summed E-state index contributed by atoms with van der Waals surface area (Å²) in [5.74, 6) is 0.356. The quantitative estimate of drug-likeness (QED) is 0.591. The highest BCUT2D eigenvalue weighted by molar-refractivity contribution is 9.10. The van der Waals surface area contributed by atoms with Gasteiger partial charge in [-0.1, -0.05) is 15.9 Å². The Morgan fingerprint density at radius 3 is 3.00 bits per heavy atom. The van der Waals surface area contributed by atoms with Crippen molar-refractivity contribution >= 4 is 38.2 Å². The number of halogens is 1. The molecule has 0 saturated carbocycles. The Balaban J connectivity index is 1.71. The van der Waals surface area contributed by atoms with Crippen LogP contribution in [0.2, 0.25) is 0 Å². The maximum Gasteiger partial charge on any atom is 0.256 e. The van der Waals surface area contributed by atoms with Gasteiger partial charge in [-0.05, 0) is 24.6 Å². The molecular formula is C18H21BrN3O3S+. The van der Waals surface area contributed by atoms with Crippen LogP contribution in [0.5, 0.6) is 11.5 Å². The lowest BCUT2D eigenvalue weighted by molar-refractivity contribution is -0.895. The zero-order chi connectivity index (χ0) is 18.4. The van der Waals surface area contributed by atoms with E-state index in [1.807, 2.05) is 6.92 Å². The topological polar surface area (TPSA) is 75.0 Å². The number of benzene rings is 1. The van der Waals surface area contributed by atoms with E-state index >= 15 is 0 Å². The average molecular weight is 439 g/mol. The van der Waals surface area contributed by atoms with Crippen molar-refractivity contribution in [3.05, 3.63) is 38.2 Å². The van der Waals surface area contributed by atoms with Gasteiger partial charge < -0.3 is 25.4 Å². The number of likely N-dealkylation sites (N-methyl/N-ethyl adjacent to an activating group) is 1. The van der Waals surface area contributed by atoms with Crippen molar-refractivity contribution in [1.29, 1.82) is 0 Å². The van der Waals surface area contributed by atoms with Gasteiger partial charge in [-0.3, -0.25) is 4.79 Å². The highest BCUT2D eigenvalue weighted by Crippen LogP contribution is 2.42. The third kappa shape index (κ3) is 2.95. The molecule has 0 fully saturated rings.